The molecule has 0 N–H and O–H groups in total. The molecule has 0 aliphatic heterocycles. The van der Waals surface area contributed by atoms with E-state index < -0.39 is 0 Å². The summed E-state index contributed by atoms with van der Waals surface area (Å²) >= 11 is 3.60. The first kappa shape index (κ1) is 19.2. The fourth-order valence-electron chi connectivity index (χ4n) is 3.34. The van der Waals surface area contributed by atoms with E-state index in [1.807, 2.05) is 53.5 Å². The van der Waals surface area contributed by atoms with Crippen LogP contribution < -0.4 is 4.74 Å². The highest BCUT2D eigenvalue weighted by atomic mass is 79.9. The maximum Gasteiger partial charge on any atom is 0.133 e. The van der Waals surface area contributed by atoms with Gasteiger partial charge in [0, 0.05) is 18.3 Å². The molecule has 4 nitrogen and oxygen atoms in total. The molecule has 3 aromatic rings. The Kier molecular flexibility index (Phi) is 5.67. The number of nitrogens with zero attached hydrogens (tertiary/aromatic N) is 3. The predicted molar refractivity (Wildman–Crippen MR) is 110 cm³/mol. The Labute approximate surface area is 168 Å². The fourth-order valence-corrected chi connectivity index (χ4v) is 3.90. The summed E-state index contributed by atoms with van der Waals surface area (Å²) in [6.07, 6.45) is 4.67. The van der Waals surface area contributed by atoms with E-state index in [1.54, 1.807) is 7.11 Å². The minimum absolute atomic E-state index is 0.152. The zero-order valence-electron chi connectivity index (χ0n) is 15.7. The van der Waals surface area contributed by atoms with Crippen LogP contribution in [0.5, 0.6) is 5.75 Å². The van der Waals surface area contributed by atoms with Crippen molar-refractivity contribution in [1.29, 1.82) is 5.26 Å². The lowest BCUT2D eigenvalue weighted by Gasteiger charge is -2.31. The maximum absolute atomic E-state index is 9.11. The van der Waals surface area contributed by atoms with Crippen LogP contribution in [0.4, 0.5) is 0 Å². The van der Waals surface area contributed by atoms with Gasteiger partial charge in [0.05, 0.1) is 28.8 Å². The highest BCUT2D eigenvalue weighted by Crippen LogP contribution is 2.38. The average molecular weight is 424 g/mol. The molecular formula is C22H22BrN3O. The van der Waals surface area contributed by atoms with Gasteiger partial charge in [-0.2, -0.15) is 10.4 Å². The molecule has 2 aromatic carbocycles. The van der Waals surface area contributed by atoms with Crippen molar-refractivity contribution >= 4 is 15.9 Å². The monoisotopic (exact) mass is 423 g/mol. The molecule has 0 amide bonds. The first-order valence-electron chi connectivity index (χ1n) is 8.78. The minimum atomic E-state index is -0.172. The average Bonchev–Trinajstić information content (AvgIpc) is 3.22. The van der Waals surface area contributed by atoms with Crippen molar-refractivity contribution in [1.82, 2.24) is 9.78 Å². The van der Waals surface area contributed by atoms with Gasteiger partial charge in [0.2, 0.25) is 0 Å². The van der Waals surface area contributed by atoms with E-state index in [0.717, 1.165) is 16.6 Å². The Hall–Kier alpha value is -2.58. The van der Waals surface area contributed by atoms with Gasteiger partial charge in [0.1, 0.15) is 5.75 Å². The quantitative estimate of drug-likeness (QED) is 0.526. The number of ether oxygens (including phenoxy) is 1. The van der Waals surface area contributed by atoms with Crippen LogP contribution >= 0.6 is 15.9 Å². The van der Waals surface area contributed by atoms with E-state index in [1.165, 1.54) is 11.1 Å². The Morgan fingerprint density at radius 2 is 1.89 bits per heavy atom. The van der Waals surface area contributed by atoms with Gasteiger partial charge in [-0.05, 0) is 77.7 Å². The number of methoxy groups -OCH3 is 1. The molecule has 0 saturated carbocycles. The first-order valence-corrected chi connectivity index (χ1v) is 9.57. The van der Waals surface area contributed by atoms with Crippen molar-refractivity contribution in [2.75, 3.05) is 7.11 Å². The van der Waals surface area contributed by atoms with E-state index in [4.69, 9.17) is 10.00 Å². The Morgan fingerprint density at radius 1 is 1.19 bits per heavy atom. The van der Waals surface area contributed by atoms with Crippen LogP contribution in [0.25, 0.3) is 0 Å². The normalized spacial score (nSPS) is 12.4. The topological polar surface area (TPSA) is 50.8 Å². The molecule has 138 valence electrons. The van der Waals surface area contributed by atoms with Gasteiger partial charge in [0.25, 0.3) is 0 Å². The summed E-state index contributed by atoms with van der Waals surface area (Å²) in [4.78, 5) is 0. The molecule has 5 heteroatoms. The Bertz CT molecular complexity index is 941. The molecule has 0 aliphatic rings. The number of halogens is 1. The fraction of sp³-hybridized carbons (Fsp3) is 0.273. The van der Waals surface area contributed by atoms with E-state index in [0.29, 0.717) is 5.56 Å². The number of hydrogen-bond donors (Lipinski definition) is 0. The summed E-state index contributed by atoms with van der Waals surface area (Å²) in [5.41, 5.74) is 2.85. The summed E-state index contributed by atoms with van der Waals surface area (Å²) in [6, 6.07) is 18.2. The van der Waals surface area contributed by atoms with E-state index in [2.05, 4.69) is 53.1 Å². The largest absolute Gasteiger partial charge is 0.496 e. The Balaban J connectivity index is 2.03. The number of aromatic nitrogens is 2. The summed E-state index contributed by atoms with van der Waals surface area (Å²) in [5, 5.41) is 13.6. The van der Waals surface area contributed by atoms with Crippen molar-refractivity contribution in [2.24, 2.45) is 0 Å². The molecular weight excluding hydrogens is 402 g/mol. The number of rotatable bonds is 6. The highest BCUT2D eigenvalue weighted by Gasteiger charge is 2.28. The van der Waals surface area contributed by atoms with Crippen LogP contribution in [0.1, 0.15) is 42.9 Å². The number of benzene rings is 2. The van der Waals surface area contributed by atoms with Crippen LogP contribution in [0.15, 0.2) is 65.4 Å². The van der Waals surface area contributed by atoms with Gasteiger partial charge in [-0.1, -0.05) is 18.2 Å². The van der Waals surface area contributed by atoms with Gasteiger partial charge < -0.3 is 4.74 Å². The summed E-state index contributed by atoms with van der Waals surface area (Å²) in [5.74, 6) is 0.961. The lowest BCUT2D eigenvalue weighted by Crippen LogP contribution is -2.29. The molecule has 1 atom stereocenters. The maximum atomic E-state index is 9.11. The predicted octanol–water partition coefficient (Wildman–Crippen LogP) is 5.48. The Morgan fingerprint density at radius 3 is 2.44 bits per heavy atom. The first-order chi connectivity index (χ1) is 12.9. The third-order valence-electron chi connectivity index (χ3n) is 4.85. The van der Waals surface area contributed by atoms with Crippen LogP contribution in [0.3, 0.4) is 0 Å². The highest BCUT2D eigenvalue weighted by molar-refractivity contribution is 9.10. The second-order valence-electron chi connectivity index (χ2n) is 7.15. The van der Waals surface area contributed by atoms with Crippen molar-refractivity contribution in [3.05, 3.63) is 82.1 Å². The van der Waals surface area contributed by atoms with Crippen molar-refractivity contribution in [3.8, 4) is 11.8 Å². The van der Waals surface area contributed by atoms with E-state index in [9.17, 15) is 0 Å². The molecule has 0 bridgehead atoms. The molecule has 0 aliphatic carbocycles. The van der Waals surface area contributed by atoms with Gasteiger partial charge in [0.15, 0.2) is 0 Å². The zero-order chi connectivity index (χ0) is 19.4. The molecule has 0 fully saturated rings. The lowest BCUT2D eigenvalue weighted by atomic mass is 9.81. The molecule has 27 heavy (non-hydrogen) atoms. The van der Waals surface area contributed by atoms with Crippen molar-refractivity contribution < 1.29 is 4.74 Å². The third kappa shape index (κ3) is 4.23. The third-order valence-corrected chi connectivity index (χ3v) is 5.47. The summed E-state index contributed by atoms with van der Waals surface area (Å²) in [7, 11) is 1.67. The van der Waals surface area contributed by atoms with Gasteiger partial charge >= 0.3 is 0 Å². The molecule has 0 spiro atoms. The lowest BCUT2D eigenvalue weighted by molar-refractivity contribution is 0.282. The van der Waals surface area contributed by atoms with Crippen molar-refractivity contribution in [3.63, 3.8) is 0 Å². The minimum Gasteiger partial charge on any atom is -0.496 e. The van der Waals surface area contributed by atoms with Crippen LogP contribution in [0, 0.1) is 11.3 Å². The second-order valence-corrected chi connectivity index (χ2v) is 8.00. The number of nitriles is 1. The van der Waals surface area contributed by atoms with Gasteiger partial charge in [-0.25, -0.2) is 0 Å². The standard InChI is InChI=1S/C22H22BrN3O/c1-22(2,26-12-4-11-25-26)14-19(17-7-5-16(15-24)6-8-17)18-9-10-21(27-3)20(23)13-18/h4-13,19H,14H2,1-3H3. The molecule has 3 rings (SSSR count). The van der Waals surface area contributed by atoms with Crippen LogP contribution in [0.2, 0.25) is 0 Å². The molecule has 1 heterocycles. The van der Waals surface area contributed by atoms with Crippen molar-refractivity contribution in [2.45, 2.75) is 31.7 Å². The van der Waals surface area contributed by atoms with E-state index >= 15 is 0 Å². The van der Waals surface area contributed by atoms with Crippen LogP contribution in [-0.4, -0.2) is 16.9 Å². The molecule has 0 saturated heterocycles. The smallest absolute Gasteiger partial charge is 0.133 e. The van der Waals surface area contributed by atoms with Crippen LogP contribution in [-0.2, 0) is 5.54 Å². The number of hydrogen-bond acceptors (Lipinski definition) is 3. The molecule has 1 aromatic heterocycles. The second kappa shape index (κ2) is 7.98. The summed E-state index contributed by atoms with van der Waals surface area (Å²) < 4.78 is 8.31. The van der Waals surface area contributed by atoms with Gasteiger partial charge in [-0.15, -0.1) is 0 Å². The van der Waals surface area contributed by atoms with E-state index in [-0.39, 0.29) is 11.5 Å². The SMILES string of the molecule is COc1ccc(C(CC(C)(C)n2cccn2)c2ccc(C#N)cc2)cc1Br. The zero-order valence-corrected chi connectivity index (χ0v) is 17.3. The molecule has 1 unspecified atom stereocenters. The summed E-state index contributed by atoms with van der Waals surface area (Å²) in [6.45, 7) is 4.38. The molecule has 0 radical (unpaired) electrons. The van der Waals surface area contributed by atoms with Gasteiger partial charge in [-0.3, -0.25) is 4.68 Å².